The number of rotatable bonds is 5. The summed E-state index contributed by atoms with van der Waals surface area (Å²) in [5.41, 5.74) is 1.23. The monoisotopic (exact) mass is 456 g/mol. The van der Waals surface area contributed by atoms with Crippen LogP contribution in [-0.4, -0.2) is 67.9 Å². The molecule has 3 heterocycles. The number of nitrogens with zero attached hydrogens (tertiary/aromatic N) is 4. The Morgan fingerprint density at radius 1 is 1.16 bits per heavy atom. The lowest BCUT2D eigenvalue weighted by atomic mass is 10.0. The summed E-state index contributed by atoms with van der Waals surface area (Å²) in [5.74, 6) is -3.80. The van der Waals surface area contributed by atoms with E-state index in [1.807, 2.05) is 25.1 Å². The maximum atomic E-state index is 13.4. The normalized spacial score (nSPS) is 19.3. The Kier molecular flexibility index (Phi) is 5.94. The number of carboxylic acid groups (broad SMARTS) is 1. The zero-order chi connectivity index (χ0) is 23.0. The number of carbonyl (C=O) groups excluding carboxylic acids is 2. The smallest absolute Gasteiger partial charge is 0.380 e. The molecule has 0 radical (unpaired) electrons. The highest BCUT2D eigenvalue weighted by atomic mass is 35.5. The van der Waals surface area contributed by atoms with Crippen molar-refractivity contribution in [1.29, 1.82) is 0 Å². The highest BCUT2D eigenvalue weighted by molar-refractivity contribution is 6.41. The van der Waals surface area contributed by atoms with Gasteiger partial charge in [-0.2, -0.15) is 0 Å². The summed E-state index contributed by atoms with van der Waals surface area (Å²) in [6.45, 7) is 5.95. The number of piperazine rings is 1. The molecule has 32 heavy (non-hydrogen) atoms. The molecule has 2 atom stereocenters. The van der Waals surface area contributed by atoms with Gasteiger partial charge in [0.25, 0.3) is 5.91 Å². The van der Waals surface area contributed by atoms with E-state index in [4.69, 9.17) is 21.2 Å². The van der Waals surface area contributed by atoms with Crippen molar-refractivity contribution in [3.05, 3.63) is 58.4 Å². The fraction of sp³-hybridized carbons (Fsp3) is 0.318. The molecule has 1 fully saturated rings. The number of carbonyl (C=O) groups is 3. The second kappa shape index (κ2) is 8.68. The summed E-state index contributed by atoms with van der Waals surface area (Å²) in [6.07, 6.45) is 0. The fourth-order valence-corrected chi connectivity index (χ4v) is 4.16. The molecule has 1 aliphatic heterocycles. The molecule has 0 aliphatic carbocycles. The minimum atomic E-state index is -1.69. The summed E-state index contributed by atoms with van der Waals surface area (Å²) in [5, 5.41) is 12.5. The van der Waals surface area contributed by atoms with Crippen LogP contribution in [0.25, 0.3) is 11.0 Å². The van der Waals surface area contributed by atoms with Gasteiger partial charge in [-0.25, -0.2) is 9.78 Å². The highest BCUT2D eigenvalue weighted by Gasteiger charge is 2.34. The molecular weight excluding hydrogens is 436 g/mol. The van der Waals surface area contributed by atoms with Gasteiger partial charge >= 0.3 is 11.8 Å². The van der Waals surface area contributed by atoms with Crippen molar-refractivity contribution in [3.8, 4) is 0 Å². The predicted molar refractivity (Wildman–Crippen MR) is 116 cm³/mol. The lowest BCUT2D eigenvalue weighted by molar-refractivity contribution is -0.132. The van der Waals surface area contributed by atoms with Crippen molar-refractivity contribution < 1.29 is 24.0 Å². The van der Waals surface area contributed by atoms with Gasteiger partial charge in [0.1, 0.15) is 5.15 Å². The third-order valence-electron chi connectivity index (χ3n) is 5.66. The number of pyridine rings is 1. The number of benzene rings is 1. The molecule has 3 aromatic rings. The van der Waals surface area contributed by atoms with Crippen LogP contribution in [0.3, 0.4) is 0 Å². The molecule has 1 aromatic carbocycles. The van der Waals surface area contributed by atoms with E-state index >= 15 is 0 Å². The van der Waals surface area contributed by atoms with Crippen LogP contribution in [0.1, 0.15) is 40.3 Å². The number of carboxylic acids is 1. The van der Waals surface area contributed by atoms with Gasteiger partial charge in [-0.05, 0) is 25.5 Å². The number of Topliss-reactive ketones (excluding diaryl/α,β-unsaturated/α-hetero) is 1. The van der Waals surface area contributed by atoms with Crippen molar-refractivity contribution in [1.82, 2.24) is 19.9 Å². The Hall–Kier alpha value is -3.30. The molecule has 1 aliphatic rings. The second-order valence-electron chi connectivity index (χ2n) is 7.91. The molecule has 0 bridgehead atoms. The van der Waals surface area contributed by atoms with Crippen LogP contribution in [0, 0.1) is 0 Å². The SMILES string of the molecule is C[C@@H]1CN(Cc2ccccc2)[C@@H](C)CN1C(=O)c1cc2c(C(=O)C(=O)O)onc2nc1Cl. The highest BCUT2D eigenvalue weighted by Crippen LogP contribution is 2.27. The number of hydrogen-bond acceptors (Lipinski definition) is 7. The second-order valence-corrected chi connectivity index (χ2v) is 8.27. The van der Waals surface area contributed by atoms with E-state index < -0.39 is 17.5 Å². The summed E-state index contributed by atoms with van der Waals surface area (Å²) >= 11 is 6.24. The molecule has 1 amide bonds. The van der Waals surface area contributed by atoms with Gasteiger partial charge < -0.3 is 14.5 Å². The van der Waals surface area contributed by atoms with Gasteiger partial charge in [-0.3, -0.25) is 14.5 Å². The van der Waals surface area contributed by atoms with Crippen LogP contribution in [0.5, 0.6) is 0 Å². The van der Waals surface area contributed by atoms with E-state index in [2.05, 4.69) is 34.1 Å². The van der Waals surface area contributed by atoms with Gasteiger partial charge in [0.05, 0.1) is 10.9 Å². The van der Waals surface area contributed by atoms with E-state index in [0.29, 0.717) is 13.1 Å². The number of aliphatic carboxylic acids is 1. The third kappa shape index (κ3) is 4.09. The predicted octanol–water partition coefficient (Wildman–Crippen LogP) is 2.88. The average Bonchev–Trinajstić information content (AvgIpc) is 3.17. The van der Waals surface area contributed by atoms with Crippen molar-refractivity contribution in [2.45, 2.75) is 32.5 Å². The van der Waals surface area contributed by atoms with E-state index in [1.165, 1.54) is 11.6 Å². The van der Waals surface area contributed by atoms with Gasteiger partial charge in [-0.15, -0.1) is 0 Å². The molecule has 4 rings (SSSR count). The van der Waals surface area contributed by atoms with Crippen LogP contribution >= 0.6 is 11.6 Å². The Morgan fingerprint density at radius 3 is 2.56 bits per heavy atom. The molecular formula is C22H21ClN4O5. The number of halogens is 1. The Labute approximate surface area is 188 Å². The number of aromatic nitrogens is 2. The lowest BCUT2D eigenvalue weighted by Gasteiger charge is -2.44. The standard InChI is InChI=1S/C22H21ClN4O5/c1-12-10-27(13(2)9-26(12)11-14-6-4-3-5-7-14)21(29)16-8-15-18(17(28)22(30)31)32-25-20(15)24-19(16)23/h3-8,12-13H,9-11H2,1-2H3,(H,30,31)/t12-,13+/m0/s1. The Balaban J connectivity index is 1.59. The van der Waals surface area contributed by atoms with Crippen LogP contribution in [0.2, 0.25) is 5.15 Å². The molecule has 9 nitrogen and oxygen atoms in total. The van der Waals surface area contributed by atoms with E-state index in [1.54, 1.807) is 4.90 Å². The first kappa shape index (κ1) is 21.9. The number of hydrogen-bond donors (Lipinski definition) is 1. The number of ketones is 1. The van der Waals surface area contributed by atoms with Crippen molar-refractivity contribution >= 4 is 40.3 Å². The molecule has 0 saturated carbocycles. The van der Waals surface area contributed by atoms with Crippen LogP contribution < -0.4 is 0 Å². The van der Waals surface area contributed by atoms with Gasteiger partial charge in [0.2, 0.25) is 11.4 Å². The number of fused-ring (bicyclic) bond motifs is 1. The Bertz CT molecular complexity index is 1200. The molecule has 2 aromatic heterocycles. The average molecular weight is 457 g/mol. The Morgan fingerprint density at radius 2 is 1.88 bits per heavy atom. The minimum Gasteiger partial charge on any atom is -0.475 e. The van der Waals surface area contributed by atoms with E-state index in [0.717, 1.165) is 6.54 Å². The number of amides is 1. The molecule has 10 heteroatoms. The maximum Gasteiger partial charge on any atom is 0.380 e. The molecule has 0 spiro atoms. The zero-order valence-corrected chi connectivity index (χ0v) is 18.2. The van der Waals surface area contributed by atoms with Gasteiger partial charge in [0.15, 0.2) is 0 Å². The maximum absolute atomic E-state index is 13.4. The minimum absolute atomic E-state index is 0.0357. The summed E-state index contributed by atoms with van der Waals surface area (Å²) in [6, 6.07) is 11.5. The van der Waals surface area contributed by atoms with E-state index in [-0.39, 0.29) is 39.7 Å². The van der Waals surface area contributed by atoms with Crippen molar-refractivity contribution in [2.75, 3.05) is 13.1 Å². The van der Waals surface area contributed by atoms with Gasteiger partial charge in [-0.1, -0.05) is 47.1 Å². The topological polar surface area (TPSA) is 117 Å². The first-order valence-electron chi connectivity index (χ1n) is 10.1. The van der Waals surface area contributed by atoms with E-state index in [9.17, 15) is 14.4 Å². The largest absolute Gasteiger partial charge is 0.475 e. The summed E-state index contributed by atoms with van der Waals surface area (Å²) in [4.78, 5) is 44.3. The van der Waals surface area contributed by atoms with Crippen molar-refractivity contribution in [2.24, 2.45) is 0 Å². The van der Waals surface area contributed by atoms with Crippen LogP contribution in [0.15, 0.2) is 40.9 Å². The quantitative estimate of drug-likeness (QED) is 0.354. The third-order valence-corrected chi connectivity index (χ3v) is 5.95. The zero-order valence-electron chi connectivity index (χ0n) is 17.5. The van der Waals surface area contributed by atoms with Crippen LogP contribution in [-0.2, 0) is 11.3 Å². The molecule has 0 unspecified atom stereocenters. The summed E-state index contributed by atoms with van der Waals surface area (Å²) < 4.78 is 4.85. The van der Waals surface area contributed by atoms with Gasteiger partial charge in [0, 0.05) is 31.7 Å². The first-order chi connectivity index (χ1) is 15.3. The summed E-state index contributed by atoms with van der Waals surface area (Å²) in [7, 11) is 0. The first-order valence-corrected chi connectivity index (χ1v) is 10.5. The molecule has 166 valence electrons. The fourth-order valence-electron chi connectivity index (χ4n) is 3.94. The van der Waals surface area contributed by atoms with Crippen molar-refractivity contribution in [3.63, 3.8) is 0 Å². The lowest BCUT2D eigenvalue weighted by Crippen LogP contribution is -2.57. The molecule has 1 N–H and O–H groups in total. The van der Waals surface area contributed by atoms with Crippen LogP contribution in [0.4, 0.5) is 0 Å². The molecule has 1 saturated heterocycles.